The monoisotopic (exact) mass is 214 g/mol. The topological polar surface area (TPSA) is 0 Å². The molecule has 0 radical (unpaired) electrons. The van der Waals surface area contributed by atoms with Crippen LogP contribution in [-0.2, 0) is 0 Å². The van der Waals surface area contributed by atoms with Crippen molar-refractivity contribution in [2.24, 2.45) is 5.41 Å². The number of hydrogen-bond donors (Lipinski definition) is 0. The number of halogens is 1. The highest BCUT2D eigenvalue weighted by atomic mass is 31.0. The molecule has 0 bridgehead atoms. The zero-order chi connectivity index (χ0) is 10.7. The molecule has 0 N–H and O–H groups in total. The average molecular weight is 214 g/mol. The lowest BCUT2D eigenvalue weighted by Gasteiger charge is -2.25. The lowest BCUT2D eigenvalue weighted by molar-refractivity contribution is 0.274. The zero-order valence-electron chi connectivity index (χ0n) is 9.20. The molecule has 1 rings (SSSR count). The molecule has 14 heavy (non-hydrogen) atoms. The highest BCUT2D eigenvalue weighted by Crippen LogP contribution is 2.35. The van der Waals surface area contributed by atoms with Gasteiger partial charge in [0.05, 0.1) is 0 Å². The second-order valence-corrected chi connectivity index (χ2v) is 5.63. The van der Waals surface area contributed by atoms with Gasteiger partial charge in [0.15, 0.2) is 5.41 Å². The first-order valence-corrected chi connectivity index (χ1v) is 6.03. The first kappa shape index (κ1) is 12.0. The molecule has 3 unspecified atom stereocenters. The van der Waals surface area contributed by atoms with Crippen molar-refractivity contribution in [2.45, 2.75) is 57.8 Å². The van der Waals surface area contributed by atoms with Crippen LogP contribution >= 0.6 is 9.24 Å². The van der Waals surface area contributed by atoms with Crippen LogP contribution in [0.1, 0.15) is 52.4 Å². The predicted molar refractivity (Wildman–Crippen MR) is 62.8 cm³/mol. The third kappa shape index (κ3) is 3.58. The Labute approximate surface area is 89.2 Å². The van der Waals surface area contributed by atoms with Gasteiger partial charge in [0.1, 0.15) is 0 Å². The summed E-state index contributed by atoms with van der Waals surface area (Å²) in [4.78, 5) is 0. The van der Waals surface area contributed by atoms with E-state index in [1.807, 2.05) is 0 Å². The van der Waals surface area contributed by atoms with E-state index in [0.29, 0.717) is 11.8 Å². The van der Waals surface area contributed by atoms with Crippen molar-refractivity contribution >= 4 is 9.24 Å². The van der Waals surface area contributed by atoms with Crippen LogP contribution in [0.5, 0.6) is 0 Å². The summed E-state index contributed by atoms with van der Waals surface area (Å²) in [6.45, 7) is 4.46. The van der Waals surface area contributed by atoms with Gasteiger partial charge in [-0.1, -0.05) is 41.3 Å². The summed E-state index contributed by atoms with van der Waals surface area (Å²) in [5, 5.41) is -1.33. The lowest BCUT2D eigenvalue weighted by atomic mass is 9.80. The minimum atomic E-state index is -1.33. The van der Waals surface area contributed by atoms with Gasteiger partial charge in [0.25, 0.3) is 0 Å². The normalized spacial score (nSPS) is 38.9. The number of hydrogen-bond acceptors (Lipinski definition) is 0. The van der Waals surface area contributed by atoms with E-state index in [0.717, 1.165) is 25.7 Å². The van der Waals surface area contributed by atoms with Crippen molar-refractivity contribution in [3.05, 3.63) is 0 Å². The summed E-state index contributed by atoms with van der Waals surface area (Å²) >= 11 is 0. The van der Waals surface area contributed by atoms with E-state index in [9.17, 15) is 4.39 Å². The molecule has 2 heteroatoms. The van der Waals surface area contributed by atoms with Crippen LogP contribution in [0, 0.1) is 17.3 Å². The molecule has 1 aliphatic carbocycles. The lowest BCUT2D eigenvalue weighted by Crippen LogP contribution is -2.13. The Morgan fingerprint density at radius 1 is 1.36 bits per heavy atom. The Bertz CT molecular complexity index is 249. The van der Waals surface area contributed by atoms with Crippen LogP contribution in [-0.4, -0.2) is 5.41 Å². The molecule has 0 spiro atoms. The van der Waals surface area contributed by atoms with Crippen molar-refractivity contribution < 1.29 is 4.39 Å². The smallest absolute Gasteiger partial charge is 0.182 e. The summed E-state index contributed by atoms with van der Waals surface area (Å²) in [5.41, 5.74) is 0.304. The minimum absolute atomic E-state index is 0.304. The Morgan fingerprint density at radius 2 is 2.00 bits per heavy atom. The summed E-state index contributed by atoms with van der Waals surface area (Å²) in [7, 11) is 2.24. The molecule has 0 fully saturated rings. The molecule has 0 aromatic heterocycles. The Kier molecular flexibility index (Phi) is 3.96. The van der Waals surface area contributed by atoms with Crippen molar-refractivity contribution in [2.75, 3.05) is 0 Å². The fourth-order valence-electron chi connectivity index (χ4n) is 1.79. The molecule has 0 aliphatic heterocycles. The quantitative estimate of drug-likeness (QED) is 0.458. The third-order valence-corrected chi connectivity index (χ3v) is 3.67. The van der Waals surface area contributed by atoms with Crippen LogP contribution in [0.25, 0.3) is 0 Å². The average Bonchev–Trinajstić information content (AvgIpc) is 2.17. The molecule has 0 saturated heterocycles. The number of alkyl halides is 1. The molecule has 0 saturated carbocycles. The van der Waals surface area contributed by atoms with Crippen molar-refractivity contribution in [3.63, 3.8) is 0 Å². The van der Waals surface area contributed by atoms with Gasteiger partial charge < -0.3 is 0 Å². The van der Waals surface area contributed by atoms with Gasteiger partial charge in [0.2, 0.25) is 0 Å². The van der Waals surface area contributed by atoms with Gasteiger partial charge >= 0.3 is 0 Å². The van der Waals surface area contributed by atoms with Gasteiger partial charge in [-0.05, 0) is 31.1 Å². The van der Waals surface area contributed by atoms with E-state index < -0.39 is 5.41 Å². The van der Waals surface area contributed by atoms with Gasteiger partial charge in [-0.2, -0.15) is 0 Å². The van der Waals surface area contributed by atoms with Crippen LogP contribution in [0.2, 0.25) is 0 Å². The Hall–Kier alpha value is -0.0800. The van der Waals surface area contributed by atoms with Gasteiger partial charge in [0, 0.05) is 6.42 Å². The molecule has 0 nitrogen and oxygen atoms in total. The van der Waals surface area contributed by atoms with E-state index in [1.165, 1.54) is 6.42 Å². The highest BCUT2D eigenvalue weighted by molar-refractivity contribution is 7.19. The number of rotatable bonds is 1. The van der Waals surface area contributed by atoms with E-state index >= 15 is 0 Å². The molecule has 0 heterocycles. The SMILES string of the molecule is CCC1(C)CC#CC(F)(P)CCCC1. The van der Waals surface area contributed by atoms with Crippen molar-refractivity contribution in [1.82, 2.24) is 0 Å². The summed E-state index contributed by atoms with van der Waals surface area (Å²) in [5.74, 6) is 5.75. The van der Waals surface area contributed by atoms with Crippen molar-refractivity contribution in [3.8, 4) is 11.8 Å². The maximum atomic E-state index is 13.6. The van der Waals surface area contributed by atoms with Crippen LogP contribution in [0.15, 0.2) is 0 Å². The van der Waals surface area contributed by atoms with E-state index in [-0.39, 0.29) is 0 Å². The Morgan fingerprint density at radius 3 is 2.64 bits per heavy atom. The van der Waals surface area contributed by atoms with Crippen LogP contribution in [0.4, 0.5) is 4.39 Å². The molecule has 1 aliphatic rings. The van der Waals surface area contributed by atoms with Crippen molar-refractivity contribution in [1.29, 1.82) is 0 Å². The molecule has 0 amide bonds. The molecular weight excluding hydrogens is 194 g/mol. The van der Waals surface area contributed by atoms with Gasteiger partial charge in [-0.25, -0.2) is 4.39 Å². The third-order valence-electron chi connectivity index (χ3n) is 3.24. The molecule has 80 valence electrons. The van der Waals surface area contributed by atoms with Crippen LogP contribution < -0.4 is 0 Å². The first-order chi connectivity index (χ1) is 6.47. The molecule has 0 aromatic carbocycles. The molecular formula is C12H20FP. The predicted octanol–water partition coefficient (Wildman–Crippen LogP) is 3.91. The maximum absolute atomic E-state index is 13.6. The fourth-order valence-corrected chi connectivity index (χ4v) is 2.10. The Balaban J connectivity index is 2.71. The van der Waals surface area contributed by atoms with E-state index in [4.69, 9.17) is 0 Å². The molecule has 0 aromatic rings. The minimum Gasteiger partial charge on any atom is -0.225 e. The largest absolute Gasteiger partial charge is 0.225 e. The van der Waals surface area contributed by atoms with E-state index in [1.54, 1.807) is 0 Å². The van der Waals surface area contributed by atoms with E-state index in [2.05, 4.69) is 34.9 Å². The highest BCUT2D eigenvalue weighted by Gasteiger charge is 2.25. The fraction of sp³-hybridized carbons (Fsp3) is 0.833. The second-order valence-electron chi connectivity index (χ2n) is 4.71. The summed E-state index contributed by atoms with van der Waals surface area (Å²) in [6.07, 6.45) is 5.78. The maximum Gasteiger partial charge on any atom is 0.182 e. The summed E-state index contributed by atoms with van der Waals surface area (Å²) < 4.78 is 13.6. The zero-order valence-corrected chi connectivity index (χ0v) is 10.4. The first-order valence-electron chi connectivity index (χ1n) is 5.45. The summed E-state index contributed by atoms with van der Waals surface area (Å²) in [6, 6.07) is 0. The van der Waals surface area contributed by atoms with Gasteiger partial charge in [-0.15, -0.1) is 0 Å². The standard InChI is InChI=1S/C12H20FP/c1-3-11(2)7-4-5-9-12(13,14)10-6-8-11/h3-5,7-9,14H2,1-2H3. The van der Waals surface area contributed by atoms with Gasteiger partial charge in [-0.3, -0.25) is 0 Å². The molecule has 3 atom stereocenters. The van der Waals surface area contributed by atoms with Crippen LogP contribution in [0.3, 0.4) is 0 Å². The second kappa shape index (κ2) is 4.63.